The topological polar surface area (TPSA) is 40.5 Å². The fraction of sp³-hybridized carbons (Fsp3) is 0.350. The van der Waals surface area contributed by atoms with Crippen LogP contribution in [0.3, 0.4) is 0 Å². The van der Waals surface area contributed by atoms with Crippen LogP contribution in [0.25, 0.3) is 0 Å². The Morgan fingerprint density at radius 2 is 1.73 bits per heavy atom. The molecule has 1 N–H and O–H groups in total. The molecule has 6 heteroatoms. The van der Waals surface area contributed by atoms with Crippen molar-refractivity contribution >= 4 is 11.7 Å². The summed E-state index contributed by atoms with van der Waals surface area (Å²) >= 11 is 0. The van der Waals surface area contributed by atoms with Crippen molar-refractivity contribution in [1.82, 2.24) is 0 Å². The Bertz CT molecular complexity index is 744. The number of nitrogens with zero attached hydrogens (tertiary/aromatic N) is 1. The molecule has 138 valence electrons. The van der Waals surface area contributed by atoms with Crippen LogP contribution in [0.5, 0.6) is 0 Å². The normalized spacial score (nSPS) is 20.8. The number of hydrogen-bond donors (Lipinski definition) is 1. The molecule has 0 bridgehead atoms. The number of carboxylic acid groups (broad SMARTS) is 1. The predicted octanol–water partition coefficient (Wildman–Crippen LogP) is 5.14. The molecule has 0 aliphatic carbocycles. The minimum absolute atomic E-state index is 0.0137. The van der Waals surface area contributed by atoms with Gasteiger partial charge >= 0.3 is 12.1 Å². The van der Waals surface area contributed by atoms with E-state index in [1.165, 1.54) is 12.1 Å². The quantitative estimate of drug-likeness (QED) is 0.818. The van der Waals surface area contributed by atoms with Crippen LogP contribution < -0.4 is 4.90 Å². The van der Waals surface area contributed by atoms with Crippen LogP contribution in [0.4, 0.5) is 18.9 Å². The highest BCUT2D eigenvalue weighted by molar-refractivity contribution is 5.67. The lowest BCUT2D eigenvalue weighted by atomic mass is 9.84. The van der Waals surface area contributed by atoms with Crippen molar-refractivity contribution < 1.29 is 23.1 Å². The van der Waals surface area contributed by atoms with Crippen molar-refractivity contribution in [2.24, 2.45) is 5.92 Å². The van der Waals surface area contributed by atoms with Gasteiger partial charge in [0.05, 0.1) is 11.6 Å². The highest BCUT2D eigenvalue weighted by Gasteiger charge is 2.33. The number of benzene rings is 2. The number of carbonyl (C=O) groups is 1. The molecule has 1 saturated heterocycles. The lowest BCUT2D eigenvalue weighted by molar-refractivity contribution is -0.139. The van der Waals surface area contributed by atoms with Gasteiger partial charge in [0.25, 0.3) is 0 Å². The van der Waals surface area contributed by atoms with Crippen LogP contribution in [0.2, 0.25) is 0 Å². The molecular weight excluding hydrogens is 343 g/mol. The molecule has 3 rings (SSSR count). The van der Waals surface area contributed by atoms with Gasteiger partial charge in [-0.3, -0.25) is 4.79 Å². The fourth-order valence-electron chi connectivity index (χ4n) is 3.61. The Labute approximate surface area is 150 Å². The largest absolute Gasteiger partial charge is 0.481 e. The number of hydrogen-bond acceptors (Lipinski definition) is 2. The van der Waals surface area contributed by atoms with Crippen LogP contribution in [-0.4, -0.2) is 17.6 Å². The van der Waals surface area contributed by atoms with Crippen LogP contribution in [0, 0.1) is 5.92 Å². The maximum Gasteiger partial charge on any atom is 0.416 e. The average Bonchev–Trinajstić information content (AvgIpc) is 2.61. The van der Waals surface area contributed by atoms with E-state index < -0.39 is 17.7 Å². The third-order valence-electron chi connectivity index (χ3n) is 4.88. The molecule has 0 amide bonds. The van der Waals surface area contributed by atoms with Gasteiger partial charge in [-0.05, 0) is 48.6 Å². The summed E-state index contributed by atoms with van der Waals surface area (Å²) in [5.41, 5.74) is 1.09. The van der Waals surface area contributed by atoms with Gasteiger partial charge in [0, 0.05) is 18.7 Å². The Kier molecular flexibility index (Phi) is 5.20. The first-order chi connectivity index (χ1) is 12.3. The SMILES string of the molecule is O=C(O)CC1CCN(c2ccccc2)C(c2ccc(C(F)(F)F)cc2)C1. The standard InChI is InChI=1S/C20H20F3NO2/c21-20(22,23)16-8-6-15(7-9-16)18-12-14(13-19(25)26)10-11-24(18)17-4-2-1-3-5-17/h1-9,14,18H,10-13H2,(H,25,26). The van der Waals surface area contributed by atoms with Crippen molar-refractivity contribution in [3.05, 3.63) is 65.7 Å². The van der Waals surface area contributed by atoms with Gasteiger partial charge in [-0.25, -0.2) is 0 Å². The van der Waals surface area contributed by atoms with Gasteiger partial charge in [-0.1, -0.05) is 30.3 Å². The third-order valence-corrected chi connectivity index (χ3v) is 4.88. The molecule has 1 aliphatic heterocycles. The molecule has 3 nitrogen and oxygen atoms in total. The smallest absolute Gasteiger partial charge is 0.416 e. The van der Waals surface area contributed by atoms with E-state index in [2.05, 4.69) is 4.90 Å². The monoisotopic (exact) mass is 363 g/mol. The molecule has 1 heterocycles. The summed E-state index contributed by atoms with van der Waals surface area (Å²) < 4.78 is 38.5. The number of anilines is 1. The zero-order valence-electron chi connectivity index (χ0n) is 14.1. The maximum atomic E-state index is 12.8. The van der Waals surface area contributed by atoms with E-state index in [1.54, 1.807) is 0 Å². The van der Waals surface area contributed by atoms with Crippen molar-refractivity contribution in [1.29, 1.82) is 0 Å². The summed E-state index contributed by atoms with van der Waals surface area (Å²) in [6.45, 7) is 0.674. The Hall–Kier alpha value is -2.50. The molecule has 0 aromatic heterocycles. The molecular formula is C20H20F3NO2. The van der Waals surface area contributed by atoms with Crippen molar-refractivity contribution in [2.75, 3.05) is 11.4 Å². The predicted molar refractivity (Wildman–Crippen MR) is 92.9 cm³/mol. The van der Waals surface area contributed by atoms with E-state index in [9.17, 15) is 18.0 Å². The number of piperidine rings is 1. The number of aliphatic carboxylic acids is 1. The molecule has 1 aliphatic rings. The van der Waals surface area contributed by atoms with Gasteiger partial charge in [-0.2, -0.15) is 13.2 Å². The van der Waals surface area contributed by atoms with Crippen LogP contribution >= 0.6 is 0 Å². The molecule has 2 aromatic carbocycles. The van der Waals surface area contributed by atoms with Gasteiger partial charge in [-0.15, -0.1) is 0 Å². The molecule has 2 unspecified atom stereocenters. The van der Waals surface area contributed by atoms with Crippen molar-refractivity contribution in [3.8, 4) is 0 Å². The van der Waals surface area contributed by atoms with Crippen LogP contribution in [-0.2, 0) is 11.0 Å². The van der Waals surface area contributed by atoms with E-state index in [0.717, 1.165) is 29.8 Å². The van der Waals surface area contributed by atoms with E-state index in [-0.39, 0.29) is 18.4 Å². The summed E-state index contributed by atoms with van der Waals surface area (Å²) in [4.78, 5) is 13.2. The summed E-state index contributed by atoms with van der Waals surface area (Å²) in [5, 5.41) is 9.09. The van der Waals surface area contributed by atoms with Crippen molar-refractivity contribution in [3.63, 3.8) is 0 Å². The van der Waals surface area contributed by atoms with Crippen molar-refractivity contribution in [2.45, 2.75) is 31.5 Å². The van der Waals surface area contributed by atoms with Crippen LogP contribution in [0.15, 0.2) is 54.6 Å². The van der Waals surface area contributed by atoms with E-state index in [4.69, 9.17) is 5.11 Å². The molecule has 2 atom stereocenters. The van der Waals surface area contributed by atoms with E-state index in [1.807, 2.05) is 30.3 Å². The summed E-state index contributed by atoms with van der Waals surface area (Å²) in [5.74, 6) is -0.825. The third kappa shape index (κ3) is 4.18. The lowest BCUT2D eigenvalue weighted by Gasteiger charge is -2.41. The minimum atomic E-state index is -4.37. The highest BCUT2D eigenvalue weighted by Crippen LogP contribution is 2.39. The number of para-hydroxylation sites is 1. The second kappa shape index (κ2) is 7.40. The van der Waals surface area contributed by atoms with E-state index in [0.29, 0.717) is 13.0 Å². The highest BCUT2D eigenvalue weighted by atomic mass is 19.4. The Balaban J connectivity index is 1.90. The number of carboxylic acids is 1. The molecule has 1 fully saturated rings. The summed E-state index contributed by atoms with van der Waals surface area (Å²) in [7, 11) is 0. The van der Waals surface area contributed by atoms with Gasteiger partial charge in [0.2, 0.25) is 0 Å². The van der Waals surface area contributed by atoms with Gasteiger partial charge < -0.3 is 10.0 Å². The first-order valence-corrected chi connectivity index (χ1v) is 8.55. The molecule has 26 heavy (non-hydrogen) atoms. The number of rotatable bonds is 4. The zero-order chi connectivity index (χ0) is 18.7. The zero-order valence-corrected chi connectivity index (χ0v) is 14.1. The van der Waals surface area contributed by atoms with Crippen LogP contribution in [0.1, 0.15) is 36.4 Å². The summed E-state index contributed by atoms with van der Waals surface area (Å²) in [6, 6.07) is 14.7. The molecule has 2 aromatic rings. The first-order valence-electron chi connectivity index (χ1n) is 8.55. The summed E-state index contributed by atoms with van der Waals surface area (Å²) in [6.07, 6.45) is -2.93. The Morgan fingerprint density at radius 1 is 1.08 bits per heavy atom. The maximum absolute atomic E-state index is 12.8. The second-order valence-electron chi connectivity index (χ2n) is 6.65. The molecule has 0 radical (unpaired) electrons. The first kappa shape index (κ1) is 18.3. The van der Waals surface area contributed by atoms with Gasteiger partial charge in [0.15, 0.2) is 0 Å². The fourth-order valence-corrected chi connectivity index (χ4v) is 3.61. The van der Waals surface area contributed by atoms with Gasteiger partial charge in [0.1, 0.15) is 0 Å². The van der Waals surface area contributed by atoms with E-state index >= 15 is 0 Å². The Morgan fingerprint density at radius 3 is 2.31 bits per heavy atom. The number of halogens is 3. The second-order valence-corrected chi connectivity index (χ2v) is 6.65. The minimum Gasteiger partial charge on any atom is -0.481 e. The lowest BCUT2D eigenvalue weighted by Crippen LogP contribution is -2.37. The number of alkyl halides is 3. The molecule has 0 saturated carbocycles. The molecule has 0 spiro atoms. The average molecular weight is 363 g/mol.